The van der Waals surface area contributed by atoms with Crippen molar-refractivity contribution in [1.82, 2.24) is 0 Å². The smallest absolute Gasteiger partial charge is 0.249 e. The molecule has 0 aromatic heterocycles. The Hall–Kier alpha value is -2.10. The second-order valence-electron chi connectivity index (χ2n) is 3.70. The minimum Gasteiger partial charge on any atom is -0.366 e. The summed E-state index contributed by atoms with van der Waals surface area (Å²) in [5.41, 5.74) is 13.0. The summed E-state index contributed by atoms with van der Waals surface area (Å²) in [6, 6.07) is 5.53. The number of rotatable bonds is 3. The Kier molecular flexibility index (Phi) is 3.45. The lowest BCUT2D eigenvalue weighted by molar-refractivity contribution is -0.115. The summed E-state index contributed by atoms with van der Waals surface area (Å²) in [5, 5.41) is 0. The molecule has 0 aliphatic carbocycles. The molecule has 1 aromatic rings. The van der Waals surface area contributed by atoms with Gasteiger partial charge in [0.25, 0.3) is 0 Å². The second kappa shape index (κ2) is 4.61. The van der Waals surface area contributed by atoms with Crippen molar-refractivity contribution in [1.29, 1.82) is 0 Å². The van der Waals surface area contributed by atoms with Gasteiger partial charge in [-0.1, -0.05) is 29.3 Å². The normalized spacial score (nSPS) is 11.2. The minimum absolute atomic E-state index is 0.138. The van der Waals surface area contributed by atoms with Crippen LogP contribution < -0.4 is 11.5 Å². The van der Waals surface area contributed by atoms with Crippen LogP contribution in [0.1, 0.15) is 16.7 Å². The number of hydrogen-bond acceptors (Lipinski definition) is 2. The molecule has 0 atom stereocenters. The average Bonchev–Trinajstić information content (AvgIpc) is 2.11. The zero-order chi connectivity index (χ0) is 12.3. The molecule has 0 spiro atoms. The fourth-order valence-corrected chi connectivity index (χ4v) is 1.57. The highest BCUT2D eigenvalue weighted by Gasteiger charge is 2.10. The van der Waals surface area contributed by atoms with Crippen LogP contribution in [0.5, 0.6) is 0 Å². The summed E-state index contributed by atoms with van der Waals surface area (Å²) in [4.78, 5) is 22.0. The van der Waals surface area contributed by atoms with Gasteiger partial charge < -0.3 is 11.5 Å². The van der Waals surface area contributed by atoms with Gasteiger partial charge in [-0.25, -0.2) is 0 Å². The average molecular weight is 218 g/mol. The van der Waals surface area contributed by atoms with Crippen LogP contribution in [0.2, 0.25) is 0 Å². The maximum atomic E-state index is 11.2. The molecule has 1 aromatic carbocycles. The van der Waals surface area contributed by atoms with Crippen LogP contribution in [-0.4, -0.2) is 11.8 Å². The molecule has 84 valence electrons. The summed E-state index contributed by atoms with van der Waals surface area (Å²) in [7, 11) is 0. The summed E-state index contributed by atoms with van der Waals surface area (Å²) in [6.07, 6.45) is 1.05. The lowest BCUT2D eigenvalue weighted by atomic mass is 10.00. The van der Waals surface area contributed by atoms with E-state index in [0.29, 0.717) is 5.56 Å². The van der Waals surface area contributed by atoms with Gasteiger partial charge in [0.2, 0.25) is 11.8 Å². The van der Waals surface area contributed by atoms with Gasteiger partial charge in [-0.2, -0.15) is 0 Å². The molecule has 2 amide bonds. The molecule has 0 fully saturated rings. The van der Waals surface area contributed by atoms with E-state index in [9.17, 15) is 9.59 Å². The molecule has 16 heavy (non-hydrogen) atoms. The van der Waals surface area contributed by atoms with Gasteiger partial charge in [0.15, 0.2) is 0 Å². The third kappa shape index (κ3) is 2.95. The molecule has 4 nitrogen and oxygen atoms in total. The second-order valence-corrected chi connectivity index (χ2v) is 3.70. The van der Waals surface area contributed by atoms with Gasteiger partial charge in [-0.3, -0.25) is 9.59 Å². The minimum atomic E-state index is -0.687. The van der Waals surface area contributed by atoms with E-state index < -0.39 is 11.8 Å². The van der Waals surface area contributed by atoms with Crippen molar-refractivity contribution in [2.75, 3.05) is 0 Å². The highest BCUT2D eigenvalue weighted by atomic mass is 16.1. The molecule has 0 unspecified atom stereocenters. The number of amides is 2. The standard InChI is InChI=1S/C12H14N2O2/c1-7-3-8(2)5-9(4-7)10(12(14)16)6-11(13)15/h3-6H,1-2H3,(H2,13,15)(H2,14,16). The molecule has 0 radical (unpaired) electrons. The van der Waals surface area contributed by atoms with Crippen LogP contribution in [0.3, 0.4) is 0 Å². The van der Waals surface area contributed by atoms with Crippen molar-refractivity contribution in [2.45, 2.75) is 13.8 Å². The van der Waals surface area contributed by atoms with Crippen molar-refractivity contribution in [2.24, 2.45) is 11.5 Å². The highest BCUT2D eigenvalue weighted by molar-refractivity contribution is 6.22. The zero-order valence-electron chi connectivity index (χ0n) is 9.28. The van der Waals surface area contributed by atoms with E-state index in [1.807, 2.05) is 19.9 Å². The Bertz CT molecular complexity index is 456. The Morgan fingerprint density at radius 1 is 1.06 bits per heavy atom. The van der Waals surface area contributed by atoms with E-state index in [4.69, 9.17) is 11.5 Å². The van der Waals surface area contributed by atoms with Crippen molar-refractivity contribution in [3.63, 3.8) is 0 Å². The third-order valence-corrected chi connectivity index (χ3v) is 2.08. The molecular weight excluding hydrogens is 204 g/mol. The van der Waals surface area contributed by atoms with Gasteiger partial charge >= 0.3 is 0 Å². The van der Waals surface area contributed by atoms with Gasteiger partial charge in [0.05, 0.1) is 5.57 Å². The molecule has 1 rings (SSSR count). The Balaban J connectivity index is 3.32. The number of carbonyl (C=O) groups excluding carboxylic acids is 2. The van der Waals surface area contributed by atoms with Gasteiger partial charge in [0, 0.05) is 6.08 Å². The summed E-state index contributed by atoms with van der Waals surface area (Å²) in [6.45, 7) is 3.80. The molecule has 4 N–H and O–H groups in total. The Morgan fingerprint density at radius 3 is 1.94 bits per heavy atom. The van der Waals surface area contributed by atoms with E-state index in [2.05, 4.69) is 0 Å². The van der Waals surface area contributed by atoms with Crippen LogP contribution in [0, 0.1) is 13.8 Å². The van der Waals surface area contributed by atoms with Crippen molar-refractivity contribution in [3.8, 4) is 0 Å². The zero-order valence-corrected chi connectivity index (χ0v) is 9.28. The fourth-order valence-electron chi connectivity index (χ4n) is 1.57. The molecule has 0 bridgehead atoms. The quantitative estimate of drug-likeness (QED) is 0.730. The largest absolute Gasteiger partial charge is 0.366 e. The molecule has 0 saturated heterocycles. The van der Waals surface area contributed by atoms with E-state index in [0.717, 1.165) is 17.2 Å². The van der Waals surface area contributed by atoms with E-state index >= 15 is 0 Å². The molecule has 0 aliphatic rings. The number of benzene rings is 1. The van der Waals surface area contributed by atoms with Gasteiger partial charge in [0.1, 0.15) is 0 Å². The number of nitrogens with two attached hydrogens (primary N) is 2. The van der Waals surface area contributed by atoms with Crippen molar-refractivity contribution in [3.05, 3.63) is 41.0 Å². The first-order valence-electron chi connectivity index (χ1n) is 4.79. The van der Waals surface area contributed by atoms with Crippen molar-refractivity contribution < 1.29 is 9.59 Å². The SMILES string of the molecule is Cc1cc(C)cc(C(=CC(N)=O)C(N)=O)c1. The predicted octanol–water partition coefficient (Wildman–Crippen LogP) is 0.657. The molecule has 0 saturated carbocycles. The van der Waals surface area contributed by atoms with Crippen LogP contribution >= 0.6 is 0 Å². The van der Waals surface area contributed by atoms with Crippen molar-refractivity contribution >= 4 is 17.4 Å². The first kappa shape index (κ1) is 12.0. The summed E-state index contributed by atoms with van der Waals surface area (Å²) < 4.78 is 0. The number of hydrogen-bond donors (Lipinski definition) is 2. The van der Waals surface area contributed by atoms with E-state index in [1.165, 1.54) is 0 Å². The Morgan fingerprint density at radius 2 is 1.56 bits per heavy atom. The topological polar surface area (TPSA) is 86.2 Å². The summed E-state index contributed by atoms with van der Waals surface area (Å²) >= 11 is 0. The predicted molar refractivity (Wildman–Crippen MR) is 62.3 cm³/mol. The lowest BCUT2D eigenvalue weighted by Crippen LogP contribution is -2.17. The number of carbonyl (C=O) groups is 2. The first-order valence-corrected chi connectivity index (χ1v) is 4.79. The van der Waals surface area contributed by atoms with Gasteiger partial charge in [-0.05, 0) is 19.4 Å². The Labute approximate surface area is 93.9 Å². The maximum absolute atomic E-state index is 11.2. The fraction of sp³-hybridized carbons (Fsp3) is 0.167. The number of primary amides is 2. The van der Waals surface area contributed by atoms with Crippen LogP contribution in [-0.2, 0) is 9.59 Å². The van der Waals surface area contributed by atoms with Crippen LogP contribution in [0.4, 0.5) is 0 Å². The summed E-state index contributed by atoms with van der Waals surface area (Å²) in [5.74, 6) is -1.35. The van der Waals surface area contributed by atoms with E-state index in [-0.39, 0.29) is 5.57 Å². The lowest BCUT2D eigenvalue weighted by Gasteiger charge is -2.06. The van der Waals surface area contributed by atoms with E-state index in [1.54, 1.807) is 12.1 Å². The third-order valence-electron chi connectivity index (χ3n) is 2.08. The molecule has 0 heterocycles. The molecule has 0 aliphatic heterocycles. The monoisotopic (exact) mass is 218 g/mol. The van der Waals surface area contributed by atoms with Crippen LogP contribution in [0.15, 0.2) is 24.3 Å². The van der Waals surface area contributed by atoms with Crippen LogP contribution in [0.25, 0.3) is 5.57 Å². The number of aryl methyl sites for hydroxylation is 2. The first-order chi connectivity index (χ1) is 7.40. The molecule has 4 heteroatoms. The van der Waals surface area contributed by atoms with Gasteiger partial charge in [-0.15, -0.1) is 0 Å². The molecular formula is C12H14N2O2. The maximum Gasteiger partial charge on any atom is 0.249 e. The highest BCUT2D eigenvalue weighted by Crippen LogP contribution is 2.17.